The Hall–Kier alpha value is -0.0900. The molecule has 4 nitrogen and oxygen atoms in total. The van der Waals surface area contributed by atoms with E-state index in [1.807, 2.05) is 19.9 Å². The minimum atomic E-state index is -0.294. The fourth-order valence-electron chi connectivity index (χ4n) is 1.81. The van der Waals surface area contributed by atoms with Crippen LogP contribution in [0.5, 0.6) is 5.75 Å². The molecule has 1 N–H and O–H groups in total. The van der Waals surface area contributed by atoms with E-state index >= 15 is 0 Å². The van der Waals surface area contributed by atoms with Gasteiger partial charge in [0.15, 0.2) is 0 Å². The van der Waals surface area contributed by atoms with Gasteiger partial charge in [-0.25, -0.2) is 0 Å². The molecule has 2 bridgehead atoms. The fraction of sp³-hybridized carbons (Fsp3) is 0.417. The summed E-state index contributed by atoms with van der Waals surface area (Å²) in [5.41, 5.74) is 2.50. The summed E-state index contributed by atoms with van der Waals surface area (Å²) in [6, 6.07) is 3.75. The van der Waals surface area contributed by atoms with Crippen molar-refractivity contribution in [2.75, 3.05) is 4.93 Å². The number of hydrogen-bond donors (Lipinski definition) is 1. The Labute approximate surface area is 126 Å². The average molecular weight is 473 g/mol. The molecule has 2 aromatic heterocycles. The molecule has 0 aromatic carbocycles. The van der Waals surface area contributed by atoms with Crippen LogP contribution in [0.25, 0.3) is 11.2 Å². The molecule has 2 unspecified atom stereocenters. The monoisotopic (exact) mass is 473 g/mol. The molecule has 0 aliphatic carbocycles. The summed E-state index contributed by atoms with van der Waals surface area (Å²) in [4.78, 5) is 14.5. The predicted molar refractivity (Wildman–Crippen MR) is 59.0 cm³/mol. The van der Waals surface area contributed by atoms with Crippen molar-refractivity contribution in [2.24, 2.45) is 0 Å². The third-order valence-electron chi connectivity index (χ3n) is 3.12. The molecule has 100 valence electrons. The average Bonchev–Trinajstić information content (AvgIpc) is 3.05. The van der Waals surface area contributed by atoms with E-state index in [4.69, 9.17) is 9.15 Å². The van der Waals surface area contributed by atoms with Crippen LogP contribution in [0.1, 0.15) is 12.5 Å². The number of hydrogen-bond acceptors (Lipinski definition) is 4. The number of furan rings is 2. The van der Waals surface area contributed by atoms with Crippen molar-refractivity contribution < 1.29 is 56.6 Å². The van der Waals surface area contributed by atoms with Gasteiger partial charge in [0.1, 0.15) is 0 Å². The molecule has 3 rings (SSSR count). The van der Waals surface area contributed by atoms with E-state index in [1.165, 1.54) is 0 Å². The Bertz CT molecular complexity index is 593. The Morgan fingerprint density at radius 3 is 2.83 bits per heavy atom. The maximum absolute atomic E-state index is 12.4. The third-order valence-corrected chi connectivity index (χ3v) is 10.1. The van der Waals surface area contributed by atoms with E-state index in [1.54, 1.807) is 6.07 Å². The molecule has 0 spiro atoms. The first kappa shape index (κ1) is 12.9. The molecule has 3 heterocycles. The first-order valence-electron chi connectivity index (χ1n) is 5.48. The zero-order valence-electron chi connectivity index (χ0n) is 10.2. The summed E-state index contributed by atoms with van der Waals surface area (Å²) >= 11 is -0.197. The molecule has 1 aliphatic heterocycles. The van der Waals surface area contributed by atoms with Crippen LogP contribution in [0, 0.1) is 6.92 Å². The summed E-state index contributed by atoms with van der Waals surface area (Å²) in [5.74, 6) is 0.480. The van der Waals surface area contributed by atoms with Gasteiger partial charge in [0.05, 0.1) is 0 Å². The molecule has 1 saturated heterocycles. The molecular formula is C12H13I2NO3-2. The number of aryl methyl sites for hydroxylation is 1. The van der Waals surface area contributed by atoms with Crippen molar-refractivity contribution in [2.45, 2.75) is 21.3 Å². The predicted octanol–water partition coefficient (Wildman–Crippen LogP) is -4.50. The molecule has 0 radical (unpaired) electrons. The summed E-state index contributed by atoms with van der Waals surface area (Å²) in [6.07, 6.45) is 0. The number of rotatable bonds is 4. The van der Waals surface area contributed by atoms with E-state index < -0.39 is 0 Å². The minimum absolute atomic E-state index is 0.0124. The van der Waals surface area contributed by atoms with Gasteiger partial charge >= 0.3 is 127 Å². The van der Waals surface area contributed by atoms with Crippen LogP contribution in [0.4, 0.5) is 0 Å². The number of halogens is 2. The zero-order valence-corrected chi connectivity index (χ0v) is 14.5. The molecule has 1 aliphatic rings. The van der Waals surface area contributed by atoms with Crippen molar-refractivity contribution in [1.82, 2.24) is 3.53 Å². The summed E-state index contributed by atoms with van der Waals surface area (Å²) in [5, 5.41) is 0. The summed E-state index contributed by atoms with van der Waals surface area (Å²) < 4.78 is 14.5. The molecule has 1 fully saturated rings. The van der Waals surface area contributed by atoms with E-state index in [0.717, 1.165) is 11.1 Å². The molecular weight excluding hydrogens is 460 g/mol. The van der Waals surface area contributed by atoms with E-state index in [2.05, 4.69) is 8.46 Å². The van der Waals surface area contributed by atoms with Gasteiger partial charge in [-0.1, -0.05) is 0 Å². The van der Waals surface area contributed by atoms with Crippen LogP contribution in [0.15, 0.2) is 16.5 Å². The van der Waals surface area contributed by atoms with Crippen LogP contribution in [-0.2, 0) is 4.79 Å². The fourth-order valence-corrected chi connectivity index (χ4v) is 7.66. The number of benzene rings is 1. The number of alkyl halides is 3. The van der Waals surface area contributed by atoms with Gasteiger partial charge < -0.3 is 0 Å². The van der Waals surface area contributed by atoms with Crippen molar-refractivity contribution in [3.63, 3.8) is 0 Å². The van der Waals surface area contributed by atoms with E-state index in [0.29, 0.717) is 15.4 Å². The van der Waals surface area contributed by atoms with Gasteiger partial charge in [0, 0.05) is 0 Å². The Kier molecular flexibility index (Phi) is 3.22. The second-order valence-corrected chi connectivity index (χ2v) is 10.2. The van der Waals surface area contributed by atoms with Crippen LogP contribution in [-0.4, -0.2) is 18.4 Å². The van der Waals surface area contributed by atoms with Crippen molar-refractivity contribution in [1.29, 1.82) is 0 Å². The van der Waals surface area contributed by atoms with E-state index in [-0.39, 0.29) is 52.1 Å². The van der Waals surface area contributed by atoms with Crippen LogP contribution in [0.3, 0.4) is 0 Å². The van der Waals surface area contributed by atoms with Crippen molar-refractivity contribution >= 4 is 17.1 Å². The number of carbonyl (C=O) groups excluding carboxylic acids is 1. The Balaban J connectivity index is 1.83. The molecule has 18 heavy (non-hydrogen) atoms. The van der Waals surface area contributed by atoms with E-state index in [9.17, 15) is 4.79 Å². The molecule has 2 aromatic rings. The quantitative estimate of drug-likeness (QED) is 0.0927. The van der Waals surface area contributed by atoms with Crippen molar-refractivity contribution in [3.05, 3.63) is 17.7 Å². The van der Waals surface area contributed by atoms with Crippen LogP contribution >= 0.6 is 0 Å². The number of esters is 1. The van der Waals surface area contributed by atoms with Gasteiger partial charge in [-0.15, -0.1) is 0 Å². The molecule has 6 heteroatoms. The van der Waals surface area contributed by atoms with Gasteiger partial charge in [0.2, 0.25) is 0 Å². The third kappa shape index (κ3) is 2.01. The first-order valence-corrected chi connectivity index (χ1v) is 11.0. The standard InChI is InChI=1S/C12H13I2NO3/c1-6-4-7-5-8(9(6)17-7)18-11(16)12(2,13-3)10-14-15-10/h4-5,10,15H,1-3H3/q-2. The van der Waals surface area contributed by atoms with Gasteiger partial charge in [-0.2, -0.15) is 0 Å². The number of carbonyl (C=O) groups is 1. The second-order valence-electron chi connectivity index (χ2n) is 4.40. The number of fused-ring (bicyclic) bond motifs is 2. The van der Waals surface area contributed by atoms with Gasteiger partial charge in [-0.05, 0) is 0 Å². The van der Waals surface area contributed by atoms with Crippen molar-refractivity contribution in [3.8, 4) is 5.75 Å². The summed E-state index contributed by atoms with van der Waals surface area (Å²) in [7, 11) is 0. The second kappa shape index (κ2) is 4.48. The van der Waals surface area contributed by atoms with Gasteiger partial charge in [-0.3, -0.25) is 0 Å². The summed E-state index contributed by atoms with van der Waals surface area (Å²) in [6.45, 7) is 3.99. The SMILES string of the molecule is C[I-]C(C)(C(=O)Oc1cc2cc(C)c1o2)C1N[I-]1. The topological polar surface area (TPSA) is 61.4 Å². The maximum atomic E-state index is 12.4. The normalized spacial score (nSPS) is 22.7. The molecule has 2 atom stereocenters. The van der Waals surface area contributed by atoms with Gasteiger partial charge in [0.25, 0.3) is 0 Å². The molecule has 0 saturated carbocycles. The Morgan fingerprint density at radius 2 is 2.33 bits per heavy atom. The number of ether oxygens (including phenoxy) is 1. The Morgan fingerprint density at radius 1 is 1.61 bits per heavy atom. The van der Waals surface area contributed by atoms with Crippen LogP contribution in [0.2, 0.25) is 0 Å². The molecule has 0 amide bonds. The zero-order chi connectivity index (χ0) is 12.9. The van der Waals surface area contributed by atoms with Crippen LogP contribution < -0.4 is 51.0 Å². The number of nitrogens with one attached hydrogen (secondary N) is 1. The first-order chi connectivity index (χ1) is 8.54.